The van der Waals surface area contributed by atoms with Crippen LogP contribution in [0, 0.1) is 6.92 Å². The number of hydrogen-bond acceptors (Lipinski definition) is 4. The van der Waals surface area contributed by atoms with Crippen molar-refractivity contribution in [1.29, 1.82) is 0 Å². The fraction of sp³-hybridized carbons (Fsp3) is 0.143. The minimum Gasteiger partial charge on any atom is -0.397 e. The Bertz CT molecular complexity index is 710. The molecule has 5 nitrogen and oxygen atoms in total. The van der Waals surface area contributed by atoms with E-state index in [2.05, 4.69) is 5.32 Å². The first-order valence-electron chi connectivity index (χ1n) is 6.08. The maximum absolute atomic E-state index is 11.2. The van der Waals surface area contributed by atoms with Crippen LogP contribution >= 0.6 is 0 Å². The molecule has 0 radical (unpaired) electrons. The van der Waals surface area contributed by atoms with Gasteiger partial charge in [-0.2, -0.15) is 0 Å². The first-order chi connectivity index (χ1) is 9.36. The Morgan fingerprint density at radius 2 is 1.75 bits per heavy atom. The van der Waals surface area contributed by atoms with Crippen LogP contribution in [0.5, 0.6) is 0 Å². The Labute approximate surface area is 118 Å². The van der Waals surface area contributed by atoms with Crippen molar-refractivity contribution in [2.75, 3.05) is 11.1 Å². The molecule has 2 rings (SSSR count). The van der Waals surface area contributed by atoms with Crippen molar-refractivity contribution in [3.63, 3.8) is 0 Å². The molecular formula is C14H17N3O2S. The zero-order valence-electron chi connectivity index (χ0n) is 11.1. The molecule has 2 aromatic rings. The van der Waals surface area contributed by atoms with Gasteiger partial charge in [-0.05, 0) is 30.7 Å². The maximum Gasteiger partial charge on any atom is 0.238 e. The molecule has 0 aliphatic carbocycles. The highest BCUT2D eigenvalue weighted by Gasteiger charge is 2.09. The topological polar surface area (TPSA) is 98.2 Å². The minimum absolute atomic E-state index is 0.0101. The average molecular weight is 291 g/mol. The number of aryl methyl sites for hydroxylation is 1. The molecule has 0 bridgehead atoms. The van der Waals surface area contributed by atoms with Crippen LogP contribution in [0.4, 0.5) is 11.4 Å². The van der Waals surface area contributed by atoms with Gasteiger partial charge in [0.15, 0.2) is 0 Å². The van der Waals surface area contributed by atoms with Crippen molar-refractivity contribution in [3.8, 4) is 0 Å². The van der Waals surface area contributed by atoms with Gasteiger partial charge in [-0.15, -0.1) is 0 Å². The van der Waals surface area contributed by atoms with E-state index < -0.39 is 10.0 Å². The lowest BCUT2D eigenvalue weighted by Crippen LogP contribution is -2.13. The van der Waals surface area contributed by atoms with Crippen LogP contribution in [-0.2, 0) is 16.6 Å². The number of benzene rings is 2. The summed E-state index contributed by atoms with van der Waals surface area (Å²) in [6, 6.07) is 12.5. The summed E-state index contributed by atoms with van der Waals surface area (Å²) in [6.45, 7) is 2.64. The van der Waals surface area contributed by atoms with Gasteiger partial charge in [0.05, 0.1) is 16.3 Å². The number of sulfonamides is 1. The summed E-state index contributed by atoms with van der Waals surface area (Å²) in [4.78, 5) is 0.0101. The molecule has 0 atom stereocenters. The lowest BCUT2D eigenvalue weighted by molar-refractivity contribution is 0.598. The van der Waals surface area contributed by atoms with Crippen LogP contribution in [0.3, 0.4) is 0 Å². The first-order valence-corrected chi connectivity index (χ1v) is 7.62. The van der Waals surface area contributed by atoms with Crippen LogP contribution < -0.4 is 16.2 Å². The molecule has 0 spiro atoms. The summed E-state index contributed by atoms with van der Waals surface area (Å²) >= 11 is 0. The van der Waals surface area contributed by atoms with E-state index in [4.69, 9.17) is 10.9 Å². The molecule has 0 aliphatic heterocycles. The number of rotatable bonds is 4. The Morgan fingerprint density at radius 3 is 2.30 bits per heavy atom. The predicted octanol–water partition coefficient (Wildman–Crippen LogP) is 1.84. The summed E-state index contributed by atoms with van der Waals surface area (Å²) in [5, 5.41) is 8.22. The fourth-order valence-corrected chi connectivity index (χ4v) is 2.33. The number of nitrogen functional groups attached to an aromatic ring is 1. The van der Waals surface area contributed by atoms with Crippen LogP contribution in [0.15, 0.2) is 47.4 Å². The second-order valence-corrected chi connectivity index (χ2v) is 6.19. The normalized spacial score (nSPS) is 11.3. The van der Waals surface area contributed by atoms with Crippen LogP contribution in [-0.4, -0.2) is 8.42 Å². The second kappa shape index (κ2) is 5.52. The summed E-state index contributed by atoms with van der Waals surface area (Å²) in [5.74, 6) is 0. The van der Waals surface area contributed by atoms with Gasteiger partial charge in [-0.1, -0.05) is 29.8 Å². The molecule has 5 N–H and O–H groups in total. The molecule has 106 valence electrons. The van der Waals surface area contributed by atoms with Crippen molar-refractivity contribution in [2.45, 2.75) is 18.4 Å². The monoisotopic (exact) mass is 291 g/mol. The van der Waals surface area contributed by atoms with E-state index in [0.717, 1.165) is 5.56 Å². The molecular weight excluding hydrogens is 274 g/mol. The number of primary sulfonamides is 1. The van der Waals surface area contributed by atoms with E-state index in [-0.39, 0.29) is 4.90 Å². The number of hydrogen-bond donors (Lipinski definition) is 3. The van der Waals surface area contributed by atoms with Gasteiger partial charge in [-0.3, -0.25) is 0 Å². The van der Waals surface area contributed by atoms with E-state index in [9.17, 15) is 8.42 Å². The van der Waals surface area contributed by atoms with Crippen molar-refractivity contribution in [1.82, 2.24) is 0 Å². The van der Waals surface area contributed by atoms with Crippen molar-refractivity contribution in [3.05, 3.63) is 53.6 Å². The number of nitrogens with one attached hydrogen (secondary N) is 1. The van der Waals surface area contributed by atoms with Crippen molar-refractivity contribution < 1.29 is 8.42 Å². The predicted molar refractivity (Wildman–Crippen MR) is 80.7 cm³/mol. The molecule has 0 heterocycles. The minimum atomic E-state index is -3.72. The largest absolute Gasteiger partial charge is 0.397 e. The number of anilines is 2. The molecule has 0 unspecified atom stereocenters. The van der Waals surface area contributed by atoms with E-state index >= 15 is 0 Å². The van der Waals surface area contributed by atoms with E-state index in [0.29, 0.717) is 17.9 Å². The van der Waals surface area contributed by atoms with Gasteiger partial charge >= 0.3 is 0 Å². The smallest absolute Gasteiger partial charge is 0.238 e. The zero-order valence-corrected chi connectivity index (χ0v) is 11.9. The highest BCUT2D eigenvalue weighted by molar-refractivity contribution is 7.89. The van der Waals surface area contributed by atoms with Crippen molar-refractivity contribution >= 4 is 21.4 Å². The van der Waals surface area contributed by atoms with Gasteiger partial charge < -0.3 is 11.1 Å². The highest BCUT2D eigenvalue weighted by atomic mass is 32.2. The first kappa shape index (κ1) is 14.4. The lowest BCUT2D eigenvalue weighted by atomic mass is 10.1. The molecule has 0 saturated heterocycles. The third-order valence-corrected chi connectivity index (χ3v) is 3.87. The second-order valence-electron chi connectivity index (χ2n) is 4.63. The molecule has 0 amide bonds. The molecule has 0 aliphatic rings. The molecule has 0 aromatic heterocycles. The van der Waals surface area contributed by atoms with Crippen molar-refractivity contribution in [2.24, 2.45) is 5.14 Å². The summed E-state index contributed by atoms with van der Waals surface area (Å²) in [6.07, 6.45) is 0. The molecule has 0 saturated carbocycles. The van der Waals surface area contributed by atoms with E-state index in [1.807, 2.05) is 31.2 Å². The lowest BCUT2D eigenvalue weighted by Gasteiger charge is -2.10. The van der Waals surface area contributed by atoms with Gasteiger partial charge in [0, 0.05) is 6.54 Å². The molecule has 6 heteroatoms. The maximum atomic E-state index is 11.2. The van der Waals surface area contributed by atoms with Crippen LogP contribution in [0.25, 0.3) is 0 Å². The van der Waals surface area contributed by atoms with Crippen LogP contribution in [0.1, 0.15) is 11.1 Å². The zero-order chi connectivity index (χ0) is 14.8. The van der Waals surface area contributed by atoms with E-state index in [1.165, 1.54) is 17.7 Å². The molecule has 2 aromatic carbocycles. The van der Waals surface area contributed by atoms with Gasteiger partial charge in [0.25, 0.3) is 0 Å². The highest BCUT2D eigenvalue weighted by Crippen LogP contribution is 2.22. The van der Waals surface area contributed by atoms with Gasteiger partial charge in [-0.25, -0.2) is 13.6 Å². The standard InChI is InChI=1S/C14H17N3O2S/c1-10-2-4-11(5-3-10)9-17-14-7-6-12(8-13(14)15)20(16,18)19/h2-8,17H,9,15H2,1H3,(H2,16,18,19). The molecule has 20 heavy (non-hydrogen) atoms. The summed E-state index contributed by atoms with van der Waals surface area (Å²) < 4.78 is 22.4. The van der Waals surface area contributed by atoms with Gasteiger partial charge in [0.1, 0.15) is 0 Å². The SMILES string of the molecule is Cc1ccc(CNc2ccc(S(N)(=O)=O)cc2N)cc1. The number of nitrogens with two attached hydrogens (primary N) is 2. The third kappa shape index (κ3) is 3.49. The summed E-state index contributed by atoms with van der Waals surface area (Å²) in [7, 11) is -3.72. The van der Waals surface area contributed by atoms with E-state index in [1.54, 1.807) is 6.07 Å². The van der Waals surface area contributed by atoms with Crippen LogP contribution in [0.2, 0.25) is 0 Å². The molecule has 0 fully saturated rings. The Balaban J connectivity index is 2.12. The average Bonchev–Trinajstić information content (AvgIpc) is 2.38. The fourth-order valence-electron chi connectivity index (χ4n) is 1.78. The Morgan fingerprint density at radius 1 is 1.10 bits per heavy atom. The summed E-state index contributed by atoms with van der Waals surface area (Å²) in [5.41, 5.74) is 9.17. The Hall–Kier alpha value is -2.05. The third-order valence-electron chi connectivity index (χ3n) is 2.96. The van der Waals surface area contributed by atoms with Gasteiger partial charge in [0.2, 0.25) is 10.0 Å². The Kier molecular flexibility index (Phi) is 3.96. The quantitative estimate of drug-likeness (QED) is 0.748.